The summed E-state index contributed by atoms with van der Waals surface area (Å²) in [5.74, 6) is -1.33. The minimum absolute atomic E-state index is 0.0116. The van der Waals surface area contributed by atoms with Crippen molar-refractivity contribution in [1.82, 2.24) is 4.98 Å². The zero-order valence-corrected chi connectivity index (χ0v) is 7.80. The van der Waals surface area contributed by atoms with Gasteiger partial charge in [0.25, 0.3) is 0 Å². The SMILES string of the molecule is CC(O)C1(c2c(F)cncc2F)CC1. The largest absolute Gasteiger partial charge is 0.392 e. The summed E-state index contributed by atoms with van der Waals surface area (Å²) in [5.41, 5.74) is -0.723. The third kappa shape index (κ3) is 1.21. The Morgan fingerprint density at radius 2 is 1.86 bits per heavy atom. The van der Waals surface area contributed by atoms with Crippen LogP contribution in [0.15, 0.2) is 12.4 Å². The highest BCUT2D eigenvalue weighted by Gasteiger charge is 2.51. The summed E-state index contributed by atoms with van der Waals surface area (Å²) in [4.78, 5) is 3.41. The molecule has 76 valence electrons. The molecule has 0 aromatic carbocycles. The predicted octanol–water partition coefficient (Wildman–Crippen LogP) is 1.77. The van der Waals surface area contributed by atoms with E-state index in [-0.39, 0.29) is 5.56 Å². The Balaban J connectivity index is 2.51. The molecule has 14 heavy (non-hydrogen) atoms. The van der Waals surface area contributed by atoms with Gasteiger partial charge in [-0.05, 0) is 19.8 Å². The monoisotopic (exact) mass is 199 g/mol. The van der Waals surface area contributed by atoms with Crippen molar-refractivity contribution in [1.29, 1.82) is 0 Å². The van der Waals surface area contributed by atoms with Crippen LogP contribution in [0, 0.1) is 11.6 Å². The Kier molecular flexibility index (Phi) is 2.03. The molecule has 0 amide bonds. The molecule has 2 rings (SSSR count). The van der Waals surface area contributed by atoms with Crippen molar-refractivity contribution in [3.8, 4) is 0 Å². The summed E-state index contributed by atoms with van der Waals surface area (Å²) < 4.78 is 26.7. The first kappa shape index (κ1) is 9.52. The molecule has 4 heteroatoms. The fourth-order valence-corrected chi connectivity index (χ4v) is 1.90. The second-order valence-electron chi connectivity index (χ2n) is 3.81. The van der Waals surface area contributed by atoms with Crippen LogP contribution in [0.25, 0.3) is 0 Å². The van der Waals surface area contributed by atoms with Crippen LogP contribution in [0.2, 0.25) is 0 Å². The van der Waals surface area contributed by atoms with Crippen molar-refractivity contribution in [2.75, 3.05) is 0 Å². The van der Waals surface area contributed by atoms with Gasteiger partial charge in [-0.15, -0.1) is 0 Å². The van der Waals surface area contributed by atoms with Crippen LogP contribution in [0.4, 0.5) is 8.78 Å². The molecule has 2 nitrogen and oxygen atoms in total. The summed E-state index contributed by atoms with van der Waals surface area (Å²) >= 11 is 0. The number of rotatable bonds is 2. The number of nitrogens with zero attached hydrogens (tertiary/aromatic N) is 1. The minimum Gasteiger partial charge on any atom is -0.392 e. The van der Waals surface area contributed by atoms with E-state index in [1.54, 1.807) is 6.92 Å². The lowest BCUT2D eigenvalue weighted by molar-refractivity contribution is 0.146. The zero-order chi connectivity index (χ0) is 10.3. The van der Waals surface area contributed by atoms with Gasteiger partial charge in [-0.25, -0.2) is 8.78 Å². The Bertz CT molecular complexity index is 341. The maximum Gasteiger partial charge on any atom is 0.148 e. The van der Waals surface area contributed by atoms with E-state index in [1.807, 2.05) is 0 Å². The van der Waals surface area contributed by atoms with Crippen molar-refractivity contribution >= 4 is 0 Å². The topological polar surface area (TPSA) is 33.1 Å². The lowest BCUT2D eigenvalue weighted by atomic mass is 9.91. The molecule has 0 bridgehead atoms. The number of hydrogen-bond acceptors (Lipinski definition) is 2. The summed E-state index contributed by atoms with van der Waals surface area (Å²) in [6.07, 6.45) is 2.50. The third-order valence-electron chi connectivity index (χ3n) is 2.94. The van der Waals surface area contributed by atoms with Crippen molar-refractivity contribution in [3.05, 3.63) is 29.6 Å². The molecule has 1 heterocycles. The molecule has 1 atom stereocenters. The predicted molar refractivity (Wildman–Crippen MR) is 46.7 cm³/mol. The van der Waals surface area contributed by atoms with E-state index in [0.717, 1.165) is 12.4 Å². The molecule has 1 N–H and O–H groups in total. The van der Waals surface area contributed by atoms with Crippen molar-refractivity contribution < 1.29 is 13.9 Å². The smallest absolute Gasteiger partial charge is 0.148 e. The van der Waals surface area contributed by atoms with Crippen LogP contribution in [0.3, 0.4) is 0 Å². The molecular weight excluding hydrogens is 188 g/mol. The lowest BCUT2D eigenvalue weighted by Crippen LogP contribution is -2.25. The van der Waals surface area contributed by atoms with Gasteiger partial charge in [0.05, 0.1) is 18.5 Å². The Morgan fingerprint density at radius 3 is 2.21 bits per heavy atom. The molecule has 1 saturated carbocycles. The van der Waals surface area contributed by atoms with E-state index >= 15 is 0 Å². The summed E-state index contributed by atoms with van der Waals surface area (Å²) in [5, 5.41) is 9.49. The molecule has 1 aliphatic rings. The Hall–Kier alpha value is -1.03. The van der Waals surface area contributed by atoms with E-state index in [1.165, 1.54) is 0 Å². The molecule has 0 aliphatic heterocycles. The molecule has 1 aromatic heterocycles. The number of aliphatic hydroxyl groups is 1. The molecule has 1 fully saturated rings. The highest BCUT2D eigenvalue weighted by Crippen LogP contribution is 2.52. The standard InChI is InChI=1S/C10H11F2NO/c1-6(14)10(2-3-10)9-7(11)4-13-5-8(9)12/h4-6,14H,2-3H2,1H3. The van der Waals surface area contributed by atoms with Crippen LogP contribution in [0.1, 0.15) is 25.3 Å². The molecule has 0 spiro atoms. The van der Waals surface area contributed by atoms with Gasteiger partial charge in [-0.3, -0.25) is 4.98 Å². The first-order chi connectivity index (χ1) is 6.58. The van der Waals surface area contributed by atoms with E-state index < -0.39 is 23.2 Å². The van der Waals surface area contributed by atoms with Crippen LogP contribution >= 0.6 is 0 Å². The Morgan fingerprint density at radius 1 is 1.36 bits per heavy atom. The van der Waals surface area contributed by atoms with Gasteiger partial charge < -0.3 is 5.11 Å². The summed E-state index contributed by atoms with van der Waals surface area (Å²) in [6, 6.07) is 0. The fraction of sp³-hybridized carbons (Fsp3) is 0.500. The van der Waals surface area contributed by atoms with Crippen LogP contribution in [-0.4, -0.2) is 16.2 Å². The van der Waals surface area contributed by atoms with E-state index in [9.17, 15) is 13.9 Å². The number of aromatic nitrogens is 1. The third-order valence-corrected chi connectivity index (χ3v) is 2.94. The normalized spacial score (nSPS) is 20.6. The maximum atomic E-state index is 13.3. The minimum atomic E-state index is -0.728. The van der Waals surface area contributed by atoms with E-state index in [4.69, 9.17) is 0 Å². The van der Waals surface area contributed by atoms with Gasteiger partial charge in [0.15, 0.2) is 0 Å². The number of pyridine rings is 1. The van der Waals surface area contributed by atoms with Crippen LogP contribution in [-0.2, 0) is 5.41 Å². The van der Waals surface area contributed by atoms with E-state index in [2.05, 4.69) is 4.98 Å². The Labute approximate surface area is 80.6 Å². The average Bonchev–Trinajstić information content (AvgIpc) is 2.85. The van der Waals surface area contributed by atoms with Gasteiger partial charge in [-0.1, -0.05) is 0 Å². The number of hydrogen-bond donors (Lipinski definition) is 1. The lowest BCUT2D eigenvalue weighted by Gasteiger charge is -2.19. The number of halogens is 2. The average molecular weight is 199 g/mol. The second-order valence-corrected chi connectivity index (χ2v) is 3.81. The molecule has 1 unspecified atom stereocenters. The zero-order valence-electron chi connectivity index (χ0n) is 7.80. The molecule has 1 aliphatic carbocycles. The maximum absolute atomic E-state index is 13.3. The van der Waals surface area contributed by atoms with Crippen molar-refractivity contribution in [2.45, 2.75) is 31.3 Å². The second kappa shape index (κ2) is 2.98. The fourth-order valence-electron chi connectivity index (χ4n) is 1.90. The molecule has 1 aromatic rings. The highest BCUT2D eigenvalue weighted by atomic mass is 19.1. The number of aliphatic hydroxyl groups excluding tert-OH is 1. The first-order valence-electron chi connectivity index (χ1n) is 4.55. The van der Waals surface area contributed by atoms with Gasteiger partial charge in [0.2, 0.25) is 0 Å². The van der Waals surface area contributed by atoms with Gasteiger partial charge in [0.1, 0.15) is 11.6 Å². The van der Waals surface area contributed by atoms with Gasteiger partial charge >= 0.3 is 0 Å². The van der Waals surface area contributed by atoms with E-state index in [0.29, 0.717) is 12.8 Å². The van der Waals surface area contributed by atoms with Crippen LogP contribution < -0.4 is 0 Å². The highest BCUT2D eigenvalue weighted by molar-refractivity contribution is 5.33. The van der Waals surface area contributed by atoms with Crippen LogP contribution in [0.5, 0.6) is 0 Å². The van der Waals surface area contributed by atoms with Gasteiger partial charge in [-0.2, -0.15) is 0 Å². The summed E-state index contributed by atoms with van der Waals surface area (Å²) in [6.45, 7) is 1.56. The molecular formula is C10H11F2NO. The molecule has 0 saturated heterocycles. The van der Waals surface area contributed by atoms with Gasteiger partial charge in [0, 0.05) is 11.0 Å². The first-order valence-corrected chi connectivity index (χ1v) is 4.55. The van der Waals surface area contributed by atoms with Crippen molar-refractivity contribution in [2.24, 2.45) is 0 Å². The summed E-state index contributed by atoms with van der Waals surface area (Å²) in [7, 11) is 0. The molecule has 0 radical (unpaired) electrons. The quantitative estimate of drug-likeness (QED) is 0.787. The van der Waals surface area contributed by atoms with Crippen molar-refractivity contribution in [3.63, 3.8) is 0 Å².